The van der Waals surface area contributed by atoms with Crippen molar-refractivity contribution in [2.24, 2.45) is 0 Å². The second-order valence-corrected chi connectivity index (χ2v) is 7.78. The van der Waals surface area contributed by atoms with E-state index in [1.165, 1.54) is 18.3 Å². The number of anilines is 1. The number of nitrogens with one attached hydrogen (secondary N) is 2. The number of ether oxygens (including phenoxy) is 1. The first kappa shape index (κ1) is 22.5. The van der Waals surface area contributed by atoms with E-state index in [0.717, 1.165) is 13.1 Å². The van der Waals surface area contributed by atoms with E-state index in [4.69, 9.17) is 4.74 Å². The number of urea groups is 1. The Hall–Kier alpha value is -2.73. The predicted octanol–water partition coefficient (Wildman–Crippen LogP) is 2.31. The van der Waals surface area contributed by atoms with Gasteiger partial charge in [-0.15, -0.1) is 0 Å². The third-order valence-electron chi connectivity index (χ3n) is 5.48. The van der Waals surface area contributed by atoms with Crippen LogP contribution in [0.5, 0.6) is 0 Å². The summed E-state index contributed by atoms with van der Waals surface area (Å²) >= 11 is 0. The molecule has 2 aliphatic rings. The smallest absolute Gasteiger partial charge is 0.324 e. The first-order chi connectivity index (χ1) is 15.4. The Morgan fingerprint density at radius 3 is 2.47 bits per heavy atom. The third-order valence-corrected chi connectivity index (χ3v) is 5.48. The molecule has 3 heterocycles. The van der Waals surface area contributed by atoms with Gasteiger partial charge in [-0.3, -0.25) is 9.88 Å². The van der Waals surface area contributed by atoms with Gasteiger partial charge in [-0.25, -0.2) is 28.8 Å². The van der Waals surface area contributed by atoms with Crippen LogP contribution in [-0.4, -0.2) is 66.7 Å². The van der Waals surface area contributed by atoms with Crippen molar-refractivity contribution in [3.05, 3.63) is 59.7 Å². The maximum Gasteiger partial charge on any atom is 0.324 e. The van der Waals surface area contributed by atoms with Crippen molar-refractivity contribution in [2.75, 3.05) is 38.1 Å². The van der Waals surface area contributed by atoms with Crippen LogP contribution in [0.15, 0.2) is 42.6 Å². The molecule has 8 nitrogen and oxygen atoms in total. The van der Waals surface area contributed by atoms with Crippen LogP contribution in [0.3, 0.4) is 0 Å². The summed E-state index contributed by atoms with van der Waals surface area (Å²) in [7, 11) is 2.01. The predicted molar refractivity (Wildman–Crippen MR) is 111 cm³/mol. The molecule has 32 heavy (non-hydrogen) atoms. The van der Waals surface area contributed by atoms with Gasteiger partial charge in [0.2, 0.25) is 0 Å². The number of alkyl halides is 2. The number of hydrazine groups is 1. The molecule has 2 aromatic rings. The Bertz CT molecular complexity index is 907. The van der Waals surface area contributed by atoms with Crippen molar-refractivity contribution < 1.29 is 22.7 Å². The van der Waals surface area contributed by atoms with E-state index in [1.807, 2.05) is 7.05 Å². The molecule has 2 N–H and O–H groups in total. The van der Waals surface area contributed by atoms with Gasteiger partial charge in [0, 0.05) is 43.6 Å². The number of hydrogen-bond acceptors (Lipinski definition) is 6. The number of halogens is 3. The molecule has 0 bridgehead atoms. The SMILES string of the molecule is CN1CCN(C(=O)N(Cc2ccc(C3NNC(C(F)F)O3)cn2)c2ccc(F)cc2)CC1. The Kier molecular flexibility index (Phi) is 6.89. The molecule has 2 atom stereocenters. The maximum atomic E-state index is 13.4. The van der Waals surface area contributed by atoms with Crippen LogP contribution in [0.2, 0.25) is 0 Å². The monoisotopic (exact) mass is 450 g/mol. The molecule has 0 aliphatic carbocycles. The number of nitrogens with zero attached hydrogens (tertiary/aromatic N) is 4. The first-order valence-corrected chi connectivity index (χ1v) is 10.3. The second-order valence-electron chi connectivity index (χ2n) is 7.78. The molecule has 0 spiro atoms. The molecule has 2 saturated heterocycles. The number of amides is 2. The average Bonchev–Trinajstić information content (AvgIpc) is 3.29. The van der Waals surface area contributed by atoms with Crippen LogP contribution in [0.1, 0.15) is 17.5 Å². The lowest BCUT2D eigenvalue weighted by Crippen LogP contribution is -2.52. The van der Waals surface area contributed by atoms with Gasteiger partial charge in [-0.1, -0.05) is 6.07 Å². The lowest BCUT2D eigenvalue weighted by Gasteiger charge is -2.36. The second kappa shape index (κ2) is 9.82. The molecule has 11 heteroatoms. The van der Waals surface area contributed by atoms with E-state index < -0.39 is 18.9 Å². The van der Waals surface area contributed by atoms with Crippen LogP contribution in [-0.2, 0) is 11.3 Å². The molecular formula is C21H25F3N6O2. The Morgan fingerprint density at radius 1 is 1.16 bits per heavy atom. The fourth-order valence-corrected chi connectivity index (χ4v) is 3.56. The number of carbonyl (C=O) groups is 1. The molecule has 2 unspecified atom stereocenters. The van der Waals surface area contributed by atoms with Crippen LogP contribution in [0.25, 0.3) is 0 Å². The van der Waals surface area contributed by atoms with Crippen molar-refractivity contribution in [3.63, 3.8) is 0 Å². The molecule has 2 aliphatic heterocycles. The number of hydrogen-bond donors (Lipinski definition) is 2. The number of piperazine rings is 1. The number of carbonyl (C=O) groups excluding carboxylic acids is 1. The van der Waals surface area contributed by atoms with Crippen molar-refractivity contribution in [3.8, 4) is 0 Å². The highest BCUT2D eigenvalue weighted by Gasteiger charge is 2.32. The topological polar surface area (TPSA) is 73.0 Å². The van der Waals surface area contributed by atoms with Gasteiger partial charge in [-0.2, -0.15) is 0 Å². The van der Waals surface area contributed by atoms with Crippen molar-refractivity contribution >= 4 is 11.7 Å². The summed E-state index contributed by atoms with van der Waals surface area (Å²) in [5, 5.41) is 0. The molecule has 172 valence electrons. The highest BCUT2D eigenvalue weighted by atomic mass is 19.3. The molecule has 4 rings (SSSR count). The number of aromatic nitrogens is 1. The normalized spacial score (nSPS) is 21.8. The zero-order chi connectivity index (χ0) is 22.7. The molecule has 2 amide bonds. The summed E-state index contributed by atoms with van der Waals surface area (Å²) in [4.78, 5) is 23.1. The van der Waals surface area contributed by atoms with Crippen molar-refractivity contribution in [2.45, 2.75) is 25.4 Å². The standard InChI is InChI=1S/C21H25F3N6O2/c1-28-8-10-29(11-9-28)21(31)30(17-6-3-15(22)4-7-17)13-16-5-2-14(12-25-16)19-26-27-20(32-19)18(23)24/h2-7,12,18-20,26-27H,8-11,13H2,1H3. The van der Waals surface area contributed by atoms with Crippen LogP contribution in [0.4, 0.5) is 23.7 Å². The number of rotatable bonds is 5. The number of pyridine rings is 1. The fourth-order valence-electron chi connectivity index (χ4n) is 3.56. The maximum absolute atomic E-state index is 13.4. The van der Waals surface area contributed by atoms with E-state index in [9.17, 15) is 18.0 Å². The lowest BCUT2D eigenvalue weighted by atomic mass is 10.2. The van der Waals surface area contributed by atoms with Gasteiger partial charge in [0.15, 0.2) is 12.5 Å². The largest absolute Gasteiger partial charge is 0.332 e. The minimum atomic E-state index is -2.66. The van der Waals surface area contributed by atoms with Crippen LogP contribution < -0.4 is 15.8 Å². The summed E-state index contributed by atoms with van der Waals surface area (Å²) in [6.45, 7) is 2.93. The van der Waals surface area contributed by atoms with E-state index in [0.29, 0.717) is 30.0 Å². The molecule has 2 fully saturated rings. The minimum absolute atomic E-state index is 0.175. The summed E-state index contributed by atoms with van der Waals surface area (Å²) in [5.41, 5.74) is 6.77. The molecule has 1 aromatic carbocycles. The summed E-state index contributed by atoms with van der Waals surface area (Å²) < 4.78 is 44.2. The van der Waals surface area contributed by atoms with Crippen LogP contribution >= 0.6 is 0 Å². The Morgan fingerprint density at radius 2 is 1.88 bits per heavy atom. The van der Waals surface area contributed by atoms with Gasteiger partial charge in [0.05, 0.1) is 12.2 Å². The molecule has 0 saturated carbocycles. The van der Waals surface area contributed by atoms with Crippen molar-refractivity contribution in [1.29, 1.82) is 0 Å². The van der Waals surface area contributed by atoms with Gasteiger partial charge in [0.25, 0.3) is 6.43 Å². The summed E-state index contributed by atoms with van der Waals surface area (Å²) in [5.74, 6) is -0.386. The first-order valence-electron chi connectivity index (χ1n) is 10.3. The van der Waals surface area contributed by atoms with Crippen molar-refractivity contribution in [1.82, 2.24) is 25.6 Å². The highest BCUT2D eigenvalue weighted by Crippen LogP contribution is 2.23. The Labute approximate surface area is 183 Å². The van der Waals surface area contributed by atoms with Gasteiger partial charge in [-0.05, 0) is 37.4 Å². The quantitative estimate of drug-likeness (QED) is 0.729. The Balaban J connectivity index is 1.49. The van der Waals surface area contributed by atoms with E-state index in [-0.39, 0.29) is 18.4 Å². The number of benzene rings is 1. The lowest BCUT2D eigenvalue weighted by molar-refractivity contribution is -0.0600. The summed E-state index contributed by atoms with van der Waals surface area (Å²) in [6.07, 6.45) is -3.29. The average molecular weight is 450 g/mol. The van der Waals surface area contributed by atoms with E-state index >= 15 is 0 Å². The van der Waals surface area contributed by atoms with E-state index in [2.05, 4.69) is 20.7 Å². The zero-order valence-corrected chi connectivity index (χ0v) is 17.5. The number of likely N-dealkylation sites (N-methyl/N-ethyl adjacent to an activating group) is 1. The minimum Gasteiger partial charge on any atom is -0.332 e. The molecule has 0 radical (unpaired) electrons. The van der Waals surface area contributed by atoms with Crippen LogP contribution in [0, 0.1) is 5.82 Å². The summed E-state index contributed by atoms with van der Waals surface area (Å²) in [6, 6.07) is 8.98. The van der Waals surface area contributed by atoms with Gasteiger partial charge < -0.3 is 14.5 Å². The van der Waals surface area contributed by atoms with E-state index in [1.54, 1.807) is 34.1 Å². The van der Waals surface area contributed by atoms with Gasteiger partial charge in [0.1, 0.15) is 5.82 Å². The van der Waals surface area contributed by atoms with Gasteiger partial charge >= 0.3 is 6.03 Å². The fraction of sp³-hybridized carbons (Fsp3) is 0.429. The highest BCUT2D eigenvalue weighted by molar-refractivity contribution is 5.92. The zero-order valence-electron chi connectivity index (χ0n) is 17.5. The third kappa shape index (κ3) is 5.18. The molecule has 1 aromatic heterocycles. The molecular weight excluding hydrogens is 425 g/mol.